The lowest BCUT2D eigenvalue weighted by atomic mass is 10.1. The molecule has 0 bridgehead atoms. The summed E-state index contributed by atoms with van der Waals surface area (Å²) in [6, 6.07) is 10.3. The van der Waals surface area contributed by atoms with Gasteiger partial charge in [0, 0.05) is 23.9 Å². The molecule has 0 aliphatic heterocycles. The van der Waals surface area contributed by atoms with Gasteiger partial charge in [0.25, 0.3) is 5.91 Å². The molecule has 6 nitrogen and oxygen atoms in total. The second-order valence-electron chi connectivity index (χ2n) is 5.40. The molecule has 0 spiro atoms. The lowest BCUT2D eigenvalue weighted by molar-refractivity contribution is 0.0835. The Bertz CT molecular complexity index is 997. The molecule has 3 rings (SSSR count). The van der Waals surface area contributed by atoms with Crippen LogP contribution in [0.2, 0.25) is 4.34 Å². The maximum atomic E-state index is 12.4. The number of amides is 1. The highest BCUT2D eigenvalue weighted by Crippen LogP contribution is 2.28. The molecule has 8 heteroatoms. The fourth-order valence-corrected chi connectivity index (χ4v) is 3.66. The van der Waals surface area contributed by atoms with Crippen molar-refractivity contribution in [2.24, 2.45) is 0 Å². The summed E-state index contributed by atoms with van der Waals surface area (Å²) in [5.41, 5.74) is -0.503. The van der Waals surface area contributed by atoms with Gasteiger partial charge in [0.2, 0.25) is 0 Å². The highest BCUT2D eigenvalue weighted by atomic mass is 35.5. The lowest BCUT2D eigenvalue weighted by Crippen LogP contribution is -2.32. The summed E-state index contributed by atoms with van der Waals surface area (Å²) < 4.78 is 16.5. The predicted molar refractivity (Wildman–Crippen MR) is 100 cm³/mol. The summed E-state index contributed by atoms with van der Waals surface area (Å²) in [6.07, 6.45) is -0.357. The van der Waals surface area contributed by atoms with Gasteiger partial charge >= 0.3 is 5.63 Å². The standard InChI is InChI=1S/C18H16ClNO5S/c1-23-12-5-3-4-10-8-11(18(22)25-16(10)12)17(21)20-9-13(24-2)14-6-7-15(19)26-14/h3-8,13H,9H2,1-2H3,(H,20,21)/t13-/m0/s1. The highest BCUT2D eigenvalue weighted by molar-refractivity contribution is 7.16. The first-order valence-electron chi connectivity index (χ1n) is 7.70. The van der Waals surface area contributed by atoms with Crippen LogP contribution in [0.25, 0.3) is 11.0 Å². The van der Waals surface area contributed by atoms with E-state index in [2.05, 4.69) is 5.32 Å². The third-order valence-corrected chi connectivity index (χ3v) is 5.16. The smallest absolute Gasteiger partial charge is 0.349 e. The number of methoxy groups -OCH3 is 2. The number of carbonyl (C=O) groups excluding carboxylic acids is 1. The van der Waals surface area contributed by atoms with Crippen LogP contribution in [-0.2, 0) is 4.74 Å². The average Bonchev–Trinajstić information content (AvgIpc) is 3.07. The first-order valence-corrected chi connectivity index (χ1v) is 8.90. The Kier molecular flexibility index (Phi) is 5.61. The monoisotopic (exact) mass is 393 g/mol. The molecule has 0 unspecified atom stereocenters. The Morgan fingerprint density at radius 2 is 2.12 bits per heavy atom. The minimum absolute atomic E-state index is 0.0789. The first-order chi connectivity index (χ1) is 12.5. The van der Waals surface area contributed by atoms with E-state index in [1.54, 1.807) is 31.4 Å². The largest absolute Gasteiger partial charge is 0.493 e. The molecule has 136 valence electrons. The van der Waals surface area contributed by atoms with Crippen LogP contribution >= 0.6 is 22.9 Å². The van der Waals surface area contributed by atoms with E-state index < -0.39 is 11.5 Å². The van der Waals surface area contributed by atoms with Gasteiger partial charge in [-0.3, -0.25) is 4.79 Å². The third-order valence-electron chi connectivity index (χ3n) is 3.83. The average molecular weight is 394 g/mol. The molecule has 1 N–H and O–H groups in total. The number of thiophene rings is 1. The maximum absolute atomic E-state index is 12.4. The van der Waals surface area contributed by atoms with Gasteiger partial charge in [-0.1, -0.05) is 23.7 Å². The Hall–Kier alpha value is -2.35. The summed E-state index contributed by atoms with van der Waals surface area (Å²) in [6.45, 7) is 0.196. The second-order valence-corrected chi connectivity index (χ2v) is 7.15. The van der Waals surface area contributed by atoms with Crippen molar-refractivity contribution in [2.75, 3.05) is 20.8 Å². The van der Waals surface area contributed by atoms with Crippen LogP contribution in [0.1, 0.15) is 21.3 Å². The van der Waals surface area contributed by atoms with Crippen molar-refractivity contribution < 1.29 is 18.7 Å². The normalized spacial score (nSPS) is 12.1. The van der Waals surface area contributed by atoms with Crippen molar-refractivity contribution in [3.8, 4) is 5.75 Å². The molecule has 0 fully saturated rings. The SMILES string of the molecule is COc1cccc2cc(C(=O)NC[C@H](OC)c3ccc(Cl)s3)c(=O)oc12. The number of ether oxygens (including phenoxy) is 2. The summed E-state index contributed by atoms with van der Waals surface area (Å²) in [5.74, 6) is -0.103. The number of rotatable bonds is 6. The van der Waals surface area contributed by atoms with Crippen molar-refractivity contribution in [2.45, 2.75) is 6.10 Å². The van der Waals surface area contributed by atoms with E-state index in [0.717, 1.165) is 4.88 Å². The van der Waals surface area contributed by atoms with Crippen molar-refractivity contribution in [1.29, 1.82) is 0 Å². The number of hydrogen-bond donors (Lipinski definition) is 1. The Balaban J connectivity index is 1.81. The van der Waals surface area contributed by atoms with Crippen LogP contribution in [-0.4, -0.2) is 26.7 Å². The summed E-state index contributed by atoms with van der Waals surface area (Å²) in [7, 11) is 3.03. The molecule has 3 aromatic rings. The number of halogens is 1. The molecule has 1 aromatic carbocycles. The minimum Gasteiger partial charge on any atom is -0.493 e. The van der Waals surface area contributed by atoms with Crippen molar-refractivity contribution in [1.82, 2.24) is 5.32 Å². The van der Waals surface area contributed by atoms with Gasteiger partial charge < -0.3 is 19.2 Å². The van der Waals surface area contributed by atoms with E-state index in [-0.39, 0.29) is 18.2 Å². The topological polar surface area (TPSA) is 77.8 Å². The van der Waals surface area contributed by atoms with Crippen molar-refractivity contribution >= 4 is 39.8 Å². The molecule has 0 aliphatic carbocycles. The van der Waals surface area contributed by atoms with E-state index >= 15 is 0 Å². The van der Waals surface area contributed by atoms with Gasteiger partial charge in [-0.2, -0.15) is 0 Å². The van der Waals surface area contributed by atoms with E-state index in [0.29, 0.717) is 21.1 Å². The van der Waals surface area contributed by atoms with E-state index in [4.69, 9.17) is 25.5 Å². The van der Waals surface area contributed by atoms with E-state index in [1.807, 2.05) is 6.07 Å². The highest BCUT2D eigenvalue weighted by Gasteiger charge is 2.18. The number of nitrogens with one attached hydrogen (secondary N) is 1. The van der Waals surface area contributed by atoms with Crippen molar-refractivity contribution in [3.05, 3.63) is 61.6 Å². The van der Waals surface area contributed by atoms with Crippen LogP contribution in [0, 0.1) is 0 Å². The molecule has 0 radical (unpaired) electrons. The molecule has 2 heterocycles. The van der Waals surface area contributed by atoms with Crippen LogP contribution in [0.15, 0.2) is 45.6 Å². The zero-order valence-corrected chi connectivity index (χ0v) is 15.6. The molecular weight excluding hydrogens is 378 g/mol. The summed E-state index contributed by atoms with van der Waals surface area (Å²) >= 11 is 7.30. The number of para-hydroxylation sites is 1. The first kappa shape index (κ1) is 18.4. The molecule has 1 atom stereocenters. The number of hydrogen-bond acceptors (Lipinski definition) is 6. The van der Waals surface area contributed by atoms with Crippen LogP contribution in [0.3, 0.4) is 0 Å². The molecule has 0 saturated carbocycles. The lowest BCUT2D eigenvalue weighted by Gasteiger charge is -2.14. The minimum atomic E-state index is -0.729. The number of fused-ring (bicyclic) bond motifs is 1. The van der Waals surface area contributed by atoms with Crippen LogP contribution in [0.4, 0.5) is 0 Å². The predicted octanol–water partition coefficient (Wildman–Crippen LogP) is 3.63. The molecule has 0 saturated heterocycles. The second kappa shape index (κ2) is 7.90. The maximum Gasteiger partial charge on any atom is 0.349 e. The fraction of sp³-hybridized carbons (Fsp3) is 0.222. The molecule has 2 aromatic heterocycles. The fourth-order valence-electron chi connectivity index (χ4n) is 2.52. The summed E-state index contributed by atoms with van der Waals surface area (Å²) in [4.78, 5) is 25.5. The van der Waals surface area contributed by atoms with Gasteiger partial charge in [0.05, 0.1) is 11.4 Å². The van der Waals surface area contributed by atoms with Gasteiger partial charge in [0.1, 0.15) is 11.7 Å². The molecule has 26 heavy (non-hydrogen) atoms. The van der Waals surface area contributed by atoms with E-state index in [9.17, 15) is 9.59 Å². The molecule has 1 amide bonds. The van der Waals surface area contributed by atoms with Crippen LogP contribution < -0.4 is 15.7 Å². The third kappa shape index (κ3) is 3.75. The van der Waals surface area contributed by atoms with Crippen molar-refractivity contribution in [3.63, 3.8) is 0 Å². The number of benzene rings is 1. The zero-order chi connectivity index (χ0) is 18.7. The Morgan fingerprint density at radius 3 is 2.77 bits per heavy atom. The molecule has 0 aliphatic rings. The van der Waals surface area contributed by atoms with Gasteiger partial charge in [0.15, 0.2) is 11.3 Å². The van der Waals surface area contributed by atoms with Gasteiger partial charge in [-0.05, 0) is 24.3 Å². The quantitative estimate of drug-likeness (QED) is 0.647. The summed E-state index contributed by atoms with van der Waals surface area (Å²) in [5, 5.41) is 3.30. The van der Waals surface area contributed by atoms with Crippen LogP contribution in [0.5, 0.6) is 5.75 Å². The Morgan fingerprint density at radius 1 is 1.31 bits per heavy atom. The van der Waals surface area contributed by atoms with Gasteiger partial charge in [-0.25, -0.2) is 4.79 Å². The zero-order valence-electron chi connectivity index (χ0n) is 14.1. The number of carbonyl (C=O) groups is 1. The van der Waals surface area contributed by atoms with Gasteiger partial charge in [-0.15, -0.1) is 11.3 Å². The van der Waals surface area contributed by atoms with E-state index in [1.165, 1.54) is 24.5 Å². The molecular formula is C18H16ClNO5S. The Labute approximate surface area is 158 Å².